The predicted molar refractivity (Wildman–Crippen MR) is 87.0 cm³/mol. The fourth-order valence-corrected chi connectivity index (χ4v) is 2.17. The number of rotatable bonds is 5. The molecule has 0 aromatic heterocycles. The van der Waals surface area contributed by atoms with Crippen LogP contribution in [-0.4, -0.2) is 42.4 Å². The number of nitrogens with one attached hydrogen (secondary N) is 1. The summed E-state index contributed by atoms with van der Waals surface area (Å²) in [6.07, 6.45) is -0.277. The number of ether oxygens (including phenoxy) is 2. The van der Waals surface area contributed by atoms with Crippen molar-refractivity contribution in [3.05, 3.63) is 29.8 Å². The first-order valence-electron chi connectivity index (χ1n) is 7.78. The van der Waals surface area contributed by atoms with Crippen molar-refractivity contribution >= 4 is 11.8 Å². The van der Waals surface area contributed by atoms with Crippen molar-refractivity contribution in [1.29, 1.82) is 0 Å². The van der Waals surface area contributed by atoms with Crippen LogP contribution in [-0.2, 0) is 16.0 Å². The van der Waals surface area contributed by atoms with E-state index < -0.39 is 5.60 Å². The fraction of sp³-hybridized carbons (Fsp3) is 0.588. The van der Waals surface area contributed by atoms with Gasteiger partial charge in [0, 0.05) is 18.8 Å². The van der Waals surface area contributed by atoms with E-state index in [0.29, 0.717) is 19.1 Å². The lowest BCUT2D eigenvalue weighted by molar-refractivity contribution is 0.0211. The summed E-state index contributed by atoms with van der Waals surface area (Å²) in [6.45, 7) is 10.3. The number of nitrogens with zero attached hydrogens (tertiary/aromatic N) is 1. The summed E-state index contributed by atoms with van der Waals surface area (Å²) in [5.74, 6) is 0. The van der Waals surface area contributed by atoms with Crippen molar-refractivity contribution in [2.45, 2.75) is 45.9 Å². The van der Waals surface area contributed by atoms with Gasteiger partial charge in [-0.2, -0.15) is 0 Å². The Bertz CT molecular complexity index is 507. The quantitative estimate of drug-likeness (QED) is 0.907. The zero-order valence-corrected chi connectivity index (χ0v) is 13.9. The van der Waals surface area contributed by atoms with Crippen LogP contribution < -0.4 is 5.32 Å². The number of carbonyl (C=O) groups is 1. The van der Waals surface area contributed by atoms with E-state index in [1.165, 1.54) is 0 Å². The number of carbonyl (C=O) groups excluding carboxylic acids is 1. The maximum atomic E-state index is 12.2. The minimum atomic E-state index is -0.474. The van der Waals surface area contributed by atoms with Crippen LogP contribution in [0.2, 0.25) is 0 Å². The minimum absolute atomic E-state index is 0.277. The van der Waals surface area contributed by atoms with E-state index >= 15 is 0 Å². The molecule has 122 valence electrons. The van der Waals surface area contributed by atoms with E-state index in [9.17, 15) is 4.79 Å². The van der Waals surface area contributed by atoms with E-state index in [1.54, 1.807) is 4.90 Å². The number of benzene rings is 1. The highest BCUT2D eigenvalue weighted by molar-refractivity contribution is 5.68. The van der Waals surface area contributed by atoms with Crippen LogP contribution in [0.25, 0.3) is 0 Å². The largest absolute Gasteiger partial charge is 0.444 e. The van der Waals surface area contributed by atoms with E-state index in [-0.39, 0.29) is 6.09 Å². The molecule has 0 unspecified atom stereocenters. The summed E-state index contributed by atoms with van der Waals surface area (Å²) in [5.41, 5.74) is 1.67. The molecule has 0 atom stereocenters. The SMILES string of the molecule is CCN(Cc1cccc(NC2COC2)c1)C(=O)OC(C)(C)C. The van der Waals surface area contributed by atoms with Crippen LogP contribution in [0.15, 0.2) is 24.3 Å². The lowest BCUT2D eigenvalue weighted by atomic mass is 10.1. The van der Waals surface area contributed by atoms with Crippen LogP contribution >= 0.6 is 0 Å². The van der Waals surface area contributed by atoms with Gasteiger partial charge in [0.15, 0.2) is 0 Å². The predicted octanol–water partition coefficient (Wildman–Crippen LogP) is 3.25. The van der Waals surface area contributed by atoms with E-state index in [2.05, 4.69) is 11.4 Å². The standard InChI is InChI=1S/C17H26N2O3/c1-5-19(16(20)22-17(2,3)4)10-13-7-6-8-14(9-13)18-15-11-21-12-15/h6-9,15,18H,5,10-12H2,1-4H3. The first kappa shape index (κ1) is 16.6. The van der Waals surface area contributed by atoms with Crippen LogP contribution in [0.4, 0.5) is 10.5 Å². The fourth-order valence-electron chi connectivity index (χ4n) is 2.17. The molecule has 1 N–H and O–H groups in total. The van der Waals surface area contributed by atoms with Crippen molar-refractivity contribution in [2.24, 2.45) is 0 Å². The third-order valence-electron chi connectivity index (χ3n) is 3.34. The normalized spacial score (nSPS) is 15.1. The van der Waals surface area contributed by atoms with Crippen molar-refractivity contribution in [3.63, 3.8) is 0 Å². The Labute approximate surface area is 132 Å². The summed E-state index contributed by atoms with van der Waals surface area (Å²) in [4.78, 5) is 13.9. The molecule has 2 rings (SSSR count). The summed E-state index contributed by atoms with van der Waals surface area (Å²) < 4.78 is 10.6. The van der Waals surface area contributed by atoms with Crippen molar-refractivity contribution in [2.75, 3.05) is 25.1 Å². The highest BCUT2D eigenvalue weighted by atomic mass is 16.6. The van der Waals surface area contributed by atoms with Crippen LogP contribution in [0.1, 0.15) is 33.3 Å². The smallest absolute Gasteiger partial charge is 0.410 e. The van der Waals surface area contributed by atoms with Gasteiger partial charge in [-0.1, -0.05) is 12.1 Å². The molecule has 1 saturated heterocycles. The minimum Gasteiger partial charge on any atom is -0.444 e. The number of anilines is 1. The highest BCUT2D eigenvalue weighted by Gasteiger charge is 2.21. The second-order valence-electron chi connectivity index (χ2n) is 6.57. The molecule has 0 bridgehead atoms. The molecule has 1 aromatic carbocycles. The molecule has 0 aliphatic carbocycles. The monoisotopic (exact) mass is 306 g/mol. The molecular weight excluding hydrogens is 280 g/mol. The van der Waals surface area contributed by atoms with E-state index in [4.69, 9.17) is 9.47 Å². The molecule has 0 saturated carbocycles. The maximum Gasteiger partial charge on any atom is 0.410 e. The lowest BCUT2D eigenvalue weighted by Crippen LogP contribution is -2.40. The molecule has 1 amide bonds. The topological polar surface area (TPSA) is 50.8 Å². The summed E-state index contributed by atoms with van der Waals surface area (Å²) in [7, 11) is 0. The van der Waals surface area contributed by atoms with Gasteiger partial charge in [0.2, 0.25) is 0 Å². The summed E-state index contributed by atoms with van der Waals surface area (Å²) in [5, 5.41) is 3.42. The number of hydrogen-bond donors (Lipinski definition) is 1. The molecule has 5 heteroatoms. The van der Waals surface area contributed by atoms with Gasteiger partial charge in [-0.3, -0.25) is 0 Å². The lowest BCUT2D eigenvalue weighted by Gasteiger charge is -2.28. The Morgan fingerprint density at radius 2 is 2.14 bits per heavy atom. The zero-order chi connectivity index (χ0) is 16.2. The Hall–Kier alpha value is -1.75. The van der Waals surface area contributed by atoms with E-state index in [1.807, 2.05) is 45.9 Å². The van der Waals surface area contributed by atoms with Gasteiger partial charge >= 0.3 is 6.09 Å². The van der Waals surface area contributed by atoms with Gasteiger partial charge < -0.3 is 19.7 Å². The molecule has 1 aliphatic heterocycles. The Morgan fingerprint density at radius 1 is 1.41 bits per heavy atom. The second kappa shape index (κ2) is 7.01. The zero-order valence-electron chi connectivity index (χ0n) is 13.9. The second-order valence-corrected chi connectivity index (χ2v) is 6.57. The van der Waals surface area contributed by atoms with Gasteiger partial charge in [-0.15, -0.1) is 0 Å². The molecule has 0 spiro atoms. The molecule has 1 fully saturated rings. The van der Waals surface area contributed by atoms with Gasteiger partial charge in [-0.05, 0) is 45.4 Å². The Morgan fingerprint density at radius 3 is 2.68 bits per heavy atom. The molecule has 0 radical (unpaired) electrons. The van der Waals surface area contributed by atoms with Gasteiger partial charge in [0.25, 0.3) is 0 Å². The first-order chi connectivity index (χ1) is 10.4. The van der Waals surface area contributed by atoms with Crippen molar-refractivity contribution < 1.29 is 14.3 Å². The molecule has 5 nitrogen and oxygen atoms in total. The average Bonchev–Trinajstić information content (AvgIpc) is 2.39. The molecule has 1 heterocycles. The van der Waals surface area contributed by atoms with Crippen molar-refractivity contribution in [3.8, 4) is 0 Å². The van der Waals surface area contributed by atoms with Crippen LogP contribution in [0.3, 0.4) is 0 Å². The average molecular weight is 306 g/mol. The number of hydrogen-bond acceptors (Lipinski definition) is 4. The van der Waals surface area contributed by atoms with E-state index in [0.717, 1.165) is 24.5 Å². The highest BCUT2D eigenvalue weighted by Crippen LogP contribution is 2.17. The van der Waals surface area contributed by atoms with Crippen LogP contribution in [0.5, 0.6) is 0 Å². The summed E-state index contributed by atoms with van der Waals surface area (Å²) in [6, 6.07) is 8.52. The third-order valence-corrected chi connectivity index (χ3v) is 3.34. The molecule has 1 aromatic rings. The van der Waals surface area contributed by atoms with Gasteiger partial charge in [0.1, 0.15) is 5.60 Å². The Balaban J connectivity index is 1.97. The molecular formula is C17H26N2O3. The van der Waals surface area contributed by atoms with Gasteiger partial charge in [-0.25, -0.2) is 4.79 Å². The van der Waals surface area contributed by atoms with Gasteiger partial charge in [0.05, 0.1) is 19.3 Å². The number of amides is 1. The Kier molecular flexibility index (Phi) is 5.29. The molecule has 1 aliphatic rings. The molecule has 22 heavy (non-hydrogen) atoms. The maximum absolute atomic E-state index is 12.2. The third kappa shape index (κ3) is 4.91. The van der Waals surface area contributed by atoms with Crippen molar-refractivity contribution in [1.82, 2.24) is 4.90 Å². The van der Waals surface area contributed by atoms with Crippen LogP contribution in [0, 0.1) is 0 Å². The first-order valence-corrected chi connectivity index (χ1v) is 7.78. The summed E-state index contributed by atoms with van der Waals surface area (Å²) >= 11 is 0.